The number of guanidine groups is 1. The van der Waals surface area contributed by atoms with Crippen molar-refractivity contribution in [3.63, 3.8) is 0 Å². The third-order valence-corrected chi connectivity index (χ3v) is 6.54. The molecule has 0 radical (unpaired) electrons. The van der Waals surface area contributed by atoms with E-state index in [-0.39, 0.29) is 24.0 Å². The number of benzene rings is 1. The molecule has 6 nitrogen and oxygen atoms in total. The Morgan fingerprint density at radius 1 is 1.16 bits per heavy atom. The standard InChI is InChI=1S/C24H41N5O.HI/c1-5-25-24(26-17-19(2)29-15-16-30-18-20(29)3)27-23-11-13-28(14-12-23)21(4)22-9-7-6-8-10-22;/h6-10,19-21,23H,5,11-18H2,1-4H3,(H2,25,26,27);1H. The molecule has 0 bridgehead atoms. The predicted octanol–water partition coefficient (Wildman–Crippen LogP) is 3.49. The van der Waals surface area contributed by atoms with E-state index in [1.165, 1.54) is 5.56 Å². The van der Waals surface area contributed by atoms with Crippen molar-refractivity contribution in [2.45, 2.75) is 64.7 Å². The molecule has 0 aromatic heterocycles. The van der Waals surface area contributed by atoms with Crippen LogP contribution in [-0.4, -0.2) is 79.8 Å². The van der Waals surface area contributed by atoms with Gasteiger partial charge in [0.1, 0.15) is 0 Å². The first-order valence-corrected chi connectivity index (χ1v) is 11.8. The summed E-state index contributed by atoms with van der Waals surface area (Å²) in [5, 5.41) is 7.14. The van der Waals surface area contributed by atoms with Crippen LogP contribution in [-0.2, 0) is 4.74 Å². The van der Waals surface area contributed by atoms with Gasteiger partial charge in [-0.25, -0.2) is 0 Å². The fourth-order valence-electron chi connectivity index (χ4n) is 4.61. The van der Waals surface area contributed by atoms with Crippen LogP contribution in [0.2, 0.25) is 0 Å². The molecular formula is C24H42IN5O. The largest absolute Gasteiger partial charge is 0.379 e. The lowest BCUT2D eigenvalue weighted by Crippen LogP contribution is -2.51. The van der Waals surface area contributed by atoms with Gasteiger partial charge in [-0.05, 0) is 46.1 Å². The molecule has 0 amide bonds. The molecule has 0 spiro atoms. The topological polar surface area (TPSA) is 52.1 Å². The van der Waals surface area contributed by atoms with Gasteiger partial charge >= 0.3 is 0 Å². The molecule has 1 aromatic rings. The quantitative estimate of drug-likeness (QED) is 0.314. The van der Waals surface area contributed by atoms with Crippen LogP contribution < -0.4 is 10.6 Å². The van der Waals surface area contributed by atoms with E-state index >= 15 is 0 Å². The highest BCUT2D eigenvalue weighted by Gasteiger charge is 2.25. The summed E-state index contributed by atoms with van der Waals surface area (Å²) in [7, 11) is 0. The Balaban J connectivity index is 0.00000341. The van der Waals surface area contributed by atoms with Crippen LogP contribution in [0.5, 0.6) is 0 Å². The van der Waals surface area contributed by atoms with Crippen molar-refractivity contribution < 1.29 is 4.74 Å². The number of ether oxygens (including phenoxy) is 1. The number of halogens is 1. The Morgan fingerprint density at radius 3 is 2.52 bits per heavy atom. The van der Waals surface area contributed by atoms with Gasteiger partial charge in [-0.2, -0.15) is 0 Å². The highest BCUT2D eigenvalue weighted by Crippen LogP contribution is 2.24. The normalized spacial score (nSPS) is 23.6. The lowest BCUT2D eigenvalue weighted by Gasteiger charge is -2.38. The maximum Gasteiger partial charge on any atom is 0.191 e. The SMILES string of the molecule is CCNC(=NCC(C)N1CCOCC1C)NC1CCN(C(C)c2ccccc2)CC1.I. The van der Waals surface area contributed by atoms with Gasteiger partial charge in [0.2, 0.25) is 0 Å². The lowest BCUT2D eigenvalue weighted by molar-refractivity contribution is -0.0166. The first-order valence-electron chi connectivity index (χ1n) is 11.8. The maximum absolute atomic E-state index is 5.57. The number of hydrogen-bond acceptors (Lipinski definition) is 4. The van der Waals surface area contributed by atoms with E-state index < -0.39 is 0 Å². The molecule has 2 N–H and O–H groups in total. The summed E-state index contributed by atoms with van der Waals surface area (Å²) in [5.74, 6) is 0.958. The summed E-state index contributed by atoms with van der Waals surface area (Å²) in [6.07, 6.45) is 2.30. The van der Waals surface area contributed by atoms with Crippen LogP contribution in [0.3, 0.4) is 0 Å². The molecule has 1 aromatic carbocycles. The van der Waals surface area contributed by atoms with Crippen molar-refractivity contribution in [1.29, 1.82) is 0 Å². The first kappa shape index (κ1) is 26.4. The van der Waals surface area contributed by atoms with E-state index in [2.05, 4.69) is 78.5 Å². The summed E-state index contributed by atoms with van der Waals surface area (Å²) in [6, 6.07) is 12.7. The van der Waals surface area contributed by atoms with Gasteiger partial charge in [0, 0.05) is 50.3 Å². The minimum Gasteiger partial charge on any atom is -0.379 e. The molecule has 2 saturated heterocycles. The number of rotatable bonds is 7. The highest BCUT2D eigenvalue weighted by atomic mass is 127. The van der Waals surface area contributed by atoms with Crippen molar-refractivity contribution in [1.82, 2.24) is 20.4 Å². The zero-order chi connectivity index (χ0) is 21.3. The van der Waals surface area contributed by atoms with Crippen LogP contribution in [0.15, 0.2) is 35.3 Å². The van der Waals surface area contributed by atoms with Crippen molar-refractivity contribution in [3.8, 4) is 0 Å². The van der Waals surface area contributed by atoms with Gasteiger partial charge in [0.15, 0.2) is 5.96 Å². The number of nitrogens with zero attached hydrogens (tertiary/aromatic N) is 3. The fraction of sp³-hybridized carbons (Fsp3) is 0.708. The van der Waals surface area contributed by atoms with Crippen LogP contribution in [0.4, 0.5) is 0 Å². The van der Waals surface area contributed by atoms with Crippen molar-refractivity contribution in [3.05, 3.63) is 35.9 Å². The number of hydrogen-bond donors (Lipinski definition) is 2. The average molecular weight is 544 g/mol. The van der Waals surface area contributed by atoms with E-state index in [0.29, 0.717) is 24.2 Å². The predicted molar refractivity (Wildman–Crippen MR) is 140 cm³/mol. The smallest absolute Gasteiger partial charge is 0.191 e. The van der Waals surface area contributed by atoms with E-state index in [4.69, 9.17) is 9.73 Å². The second-order valence-corrected chi connectivity index (χ2v) is 8.77. The molecule has 7 heteroatoms. The number of aliphatic imine (C=N–C) groups is 1. The zero-order valence-electron chi connectivity index (χ0n) is 19.7. The van der Waals surface area contributed by atoms with E-state index in [9.17, 15) is 0 Å². The minimum atomic E-state index is 0. The third kappa shape index (κ3) is 7.87. The van der Waals surface area contributed by atoms with Crippen molar-refractivity contribution in [2.75, 3.05) is 45.9 Å². The number of morpholine rings is 1. The molecular weight excluding hydrogens is 501 g/mol. The molecule has 2 fully saturated rings. The van der Waals surface area contributed by atoms with Gasteiger partial charge < -0.3 is 15.4 Å². The van der Waals surface area contributed by atoms with E-state index in [1.807, 2.05) is 0 Å². The monoisotopic (exact) mass is 543 g/mol. The summed E-state index contributed by atoms with van der Waals surface area (Å²) in [4.78, 5) is 10.0. The molecule has 2 aliphatic heterocycles. The molecule has 2 heterocycles. The van der Waals surface area contributed by atoms with Crippen LogP contribution in [0.1, 0.15) is 52.1 Å². The molecule has 176 valence electrons. The Morgan fingerprint density at radius 2 is 1.87 bits per heavy atom. The molecule has 3 atom stereocenters. The fourth-order valence-corrected chi connectivity index (χ4v) is 4.61. The maximum atomic E-state index is 5.57. The summed E-state index contributed by atoms with van der Waals surface area (Å²) < 4.78 is 5.57. The van der Waals surface area contributed by atoms with E-state index in [1.54, 1.807) is 0 Å². The average Bonchev–Trinajstić information content (AvgIpc) is 2.78. The van der Waals surface area contributed by atoms with Gasteiger partial charge in [-0.15, -0.1) is 24.0 Å². The van der Waals surface area contributed by atoms with E-state index in [0.717, 1.165) is 64.7 Å². The molecule has 3 unspecified atom stereocenters. The van der Waals surface area contributed by atoms with Crippen molar-refractivity contribution in [2.24, 2.45) is 4.99 Å². The third-order valence-electron chi connectivity index (χ3n) is 6.54. The Hall–Kier alpha value is -0.900. The second-order valence-electron chi connectivity index (χ2n) is 8.77. The van der Waals surface area contributed by atoms with Crippen molar-refractivity contribution >= 4 is 29.9 Å². The molecule has 0 aliphatic carbocycles. The zero-order valence-corrected chi connectivity index (χ0v) is 22.0. The second kappa shape index (κ2) is 13.6. The van der Waals surface area contributed by atoms with Crippen LogP contribution >= 0.6 is 24.0 Å². The molecule has 31 heavy (non-hydrogen) atoms. The molecule has 0 saturated carbocycles. The summed E-state index contributed by atoms with van der Waals surface area (Å²) in [6.45, 7) is 15.6. The number of piperidine rings is 1. The summed E-state index contributed by atoms with van der Waals surface area (Å²) in [5.41, 5.74) is 1.41. The lowest BCUT2D eigenvalue weighted by atomic mass is 10.0. The first-order chi connectivity index (χ1) is 14.6. The van der Waals surface area contributed by atoms with Gasteiger partial charge in [-0.3, -0.25) is 14.8 Å². The Labute approximate surface area is 206 Å². The molecule has 2 aliphatic rings. The van der Waals surface area contributed by atoms with Crippen LogP contribution in [0.25, 0.3) is 0 Å². The Kier molecular flexibility index (Phi) is 11.6. The van der Waals surface area contributed by atoms with Crippen LogP contribution in [0, 0.1) is 0 Å². The van der Waals surface area contributed by atoms with Gasteiger partial charge in [-0.1, -0.05) is 30.3 Å². The number of nitrogens with one attached hydrogen (secondary N) is 2. The molecule has 3 rings (SSSR count). The Bertz CT molecular complexity index is 651. The highest BCUT2D eigenvalue weighted by molar-refractivity contribution is 14.0. The van der Waals surface area contributed by atoms with Gasteiger partial charge in [0.05, 0.1) is 19.8 Å². The minimum absolute atomic E-state index is 0. The van der Waals surface area contributed by atoms with Gasteiger partial charge in [0.25, 0.3) is 0 Å². The summed E-state index contributed by atoms with van der Waals surface area (Å²) >= 11 is 0. The number of likely N-dealkylation sites (tertiary alicyclic amines) is 1.